The van der Waals surface area contributed by atoms with Crippen LogP contribution in [0.15, 0.2) is 18.2 Å². The van der Waals surface area contributed by atoms with Crippen molar-refractivity contribution in [2.75, 3.05) is 6.54 Å². The number of halogens is 2. The van der Waals surface area contributed by atoms with Crippen LogP contribution < -0.4 is 5.32 Å². The molecule has 0 spiro atoms. The van der Waals surface area contributed by atoms with Crippen LogP contribution >= 0.6 is 11.6 Å². The Morgan fingerprint density at radius 1 is 1.35 bits per heavy atom. The predicted molar refractivity (Wildman–Crippen MR) is 76.2 cm³/mol. The molecule has 1 aromatic rings. The quantitative estimate of drug-likeness (QED) is 0.875. The monoisotopic (exact) mass is 299 g/mol. The van der Waals surface area contributed by atoms with Crippen molar-refractivity contribution < 1.29 is 14.3 Å². The van der Waals surface area contributed by atoms with Gasteiger partial charge < -0.3 is 10.4 Å². The van der Waals surface area contributed by atoms with Crippen molar-refractivity contribution in [2.24, 2.45) is 11.8 Å². The lowest BCUT2D eigenvalue weighted by Gasteiger charge is -2.26. The Morgan fingerprint density at radius 3 is 2.70 bits per heavy atom. The lowest BCUT2D eigenvalue weighted by atomic mass is 9.82. The highest BCUT2D eigenvalue weighted by molar-refractivity contribution is 6.30. The molecule has 0 aliphatic heterocycles. The minimum Gasteiger partial charge on any atom is -0.481 e. The van der Waals surface area contributed by atoms with Gasteiger partial charge in [-0.15, -0.1) is 0 Å². The summed E-state index contributed by atoms with van der Waals surface area (Å²) in [6.07, 6.45) is 3.32. The summed E-state index contributed by atoms with van der Waals surface area (Å²) in [5.74, 6) is -0.752. The van der Waals surface area contributed by atoms with Crippen molar-refractivity contribution >= 4 is 17.6 Å². The Labute approximate surface area is 123 Å². The van der Waals surface area contributed by atoms with E-state index in [1.54, 1.807) is 12.1 Å². The molecule has 0 saturated heterocycles. The Hall–Kier alpha value is -1.13. The maximum absolute atomic E-state index is 13.7. The number of hydrogen-bond acceptors (Lipinski definition) is 2. The summed E-state index contributed by atoms with van der Waals surface area (Å²) in [5, 5.41) is 12.3. The third-order valence-corrected chi connectivity index (χ3v) is 4.27. The Kier molecular flexibility index (Phi) is 5.38. The fraction of sp³-hybridized carbons (Fsp3) is 0.533. The lowest BCUT2D eigenvalue weighted by molar-refractivity contribution is -0.143. The van der Waals surface area contributed by atoms with Crippen LogP contribution in [0.1, 0.15) is 31.2 Å². The molecule has 0 unspecified atom stereocenters. The second-order valence-electron chi connectivity index (χ2n) is 5.40. The molecule has 0 radical (unpaired) electrons. The van der Waals surface area contributed by atoms with Crippen LogP contribution in [-0.2, 0) is 11.3 Å². The van der Waals surface area contributed by atoms with E-state index in [-0.39, 0.29) is 16.8 Å². The summed E-state index contributed by atoms with van der Waals surface area (Å²) in [4.78, 5) is 10.9. The molecule has 0 aromatic heterocycles. The highest BCUT2D eigenvalue weighted by atomic mass is 35.5. The molecular weight excluding hydrogens is 281 g/mol. The van der Waals surface area contributed by atoms with E-state index >= 15 is 0 Å². The molecule has 1 fully saturated rings. The first kappa shape index (κ1) is 15.3. The highest BCUT2D eigenvalue weighted by Gasteiger charge is 2.25. The molecule has 0 heterocycles. The van der Waals surface area contributed by atoms with Crippen LogP contribution in [0.2, 0.25) is 5.02 Å². The van der Waals surface area contributed by atoms with E-state index in [1.165, 1.54) is 6.07 Å². The summed E-state index contributed by atoms with van der Waals surface area (Å²) < 4.78 is 13.7. The average molecular weight is 300 g/mol. The summed E-state index contributed by atoms with van der Waals surface area (Å²) in [6.45, 7) is 1.24. The van der Waals surface area contributed by atoms with Gasteiger partial charge in [-0.3, -0.25) is 4.79 Å². The van der Waals surface area contributed by atoms with Gasteiger partial charge in [0.2, 0.25) is 0 Å². The molecule has 1 aliphatic rings. The molecule has 1 aliphatic carbocycles. The number of rotatable bonds is 5. The van der Waals surface area contributed by atoms with Crippen LogP contribution in [-0.4, -0.2) is 17.6 Å². The van der Waals surface area contributed by atoms with Crippen LogP contribution in [0, 0.1) is 17.7 Å². The fourth-order valence-corrected chi connectivity index (χ4v) is 2.90. The fourth-order valence-electron chi connectivity index (χ4n) is 2.71. The number of benzene rings is 1. The number of nitrogens with one attached hydrogen (secondary N) is 1. The van der Waals surface area contributed by atoms with E-state index in [0.29, 0.717) is 18.0 Å². The highest BCUT2D eigenvalue weighted by Crippen LogP contribution is 2.28. The second-order valence-corrected chi connectivity index (χ2v) is 5.81. The number of aliphatic carboxylic acids is 1. The van der Waals surface area contributed by atoms with Crippen molar-refractivity contribution in [1.82, 2.24) is 5.32 Å². The van der Waals surface area contributed by atoms with Gasteiger partial charge in [-0.1, -0.05) is 23.7 Å². The van der Waals surface area contributed by atoms with E-state index in [0.717, 1.165) is 32.2 Å². The molecule has 110 valence electrons. The topological polar surface area (TPSA) is 49.3 Å². The molecule has 1 aromatic carbocycles. The SMILES string of the molecule is O=C(O)C1CCC(CNCc2cccc(Cl)c2F)CC1. The molecule has 0 atom stereocenters. The largest absolute Gasteiger partial charge is 0.481 e. The van der Waals surface area contributed by atoms with Crippen LogP contribution in [0.4, 0.5) is 4.39 Å². The molecule has 20 heavy (non-hydrogen) atoms. The molecule has 0 bridgehead atoms. The molecule has 1 saturated carbocycles. The normalized spacial score (nSPS) is 22.7. The van der Waals surface area contributed by atoms with E-state index in [9.17, 15) is 9.18 Å². The van der Waals surface area contributed by atoms with Gasteiger partial charge in [0, 0.05) is 12.1 Å². The van der Waals surface area contributed by atoms with Crippen LogP contribution in [0.5, 0.6) is 0 Å². The molecule has 3 nitrogen and oxygen atoms in total. The van der Waals surface area contributed by atoms with Crippen molar-refractivity contribution in [3.8, 4) is 0 Å². The number of hydrogen-bond donors (Lipinski definition) is 2. The third-order valence-electron chi connectivity index (χ3n) is 3.98. The Bertz CT molecular complexity index is 473. The van der Waals surface area contributed by atoms with E-state index < -0.39 is 5.97 Å². The van der Waals surface area contributed by atoms with Gasteiger partial charge in [-0.25, -0.2) is 4.39 Å². The van der Waals surface area contributed by atoms with E-state index in [2.05, 4.69) is 5.32 Å². The molecule has 0 amide bonds. The lowest BCUT2D eigenvalue weighted by Crippen LogP contribution is -2.28. The van der Waals surface area contributed by atoms with E-state index in [4.69, 9.17) is 16.7 Å². The van der Waals surface area contributed by atoms with Crippen LogP contribution in [0.3, 0.4) is 0 Å². The van der Waals surface area contributed by atoms with Crippen molar-refractivity contribution in [2.45, 2.75) is 32.2 Å². The van der Waals surface area contributed by atoms with Gasteiger partial charge in [0.25, 0.3) is 0 Å². The number of carboxylic acids is 1. The Morgan fingerprint density at radius 2 is 2.05 bits per heavy atom. The maximum Gasteiger partial charge on any atom is 0.306 e. The minimum atomic E-state index is -0.683. The summed E-state index contributed by atoms with van der Waals surface area (Å²) in [6, 6.07) is 4.99. The van der Waals surface area contributed by atoms with Gasteiger partial charge in [0.1, 0.15) is 5.82 Å². The van der Waals surface area contributed by atoms with Crippen molar-refractivity contribution in [1.29, 1.82) is 0 Å². The molecule has 5 heteroatoms. The zero-order valence-corrected chi connectivity index (χ0v) is 12.0. The Balaban J connectivity index is 1.74. The summed E-state index contributed by atoms with van der Waals surface area (Å²) in [5.41, 5.74) is 0.566. The van der Waals surface area contributed by atoms with Crippen molar-refractivity contribution in [3.63, 3.8) is 0 Å². The van der Waals surface area contributed by atoms with Gasteiger partial charge in [-0.2, -0.15) is 0 Å². The van der Waals surface area contributed by atoms with Crippen molar-refractivity contribution in [3.05, 3.63) is 34.6 Å². The minimum absolute atomic E-state index is 0.145. The standard InChI is InChI=1S/C15H19ClFNO2/c16-13-3-1-2-12(14(13)17)9-18-8-10-4-6-11(7-5-10)15(19)20/h1-3,10-11,18H,4-9H2,(H,19,20). The van der Waals surface area contributed by atoms with Crippen LogP contribution in [0.25, 0.3) is 0 Å². The first-order valence-electron chi connectivity index (χ1n) is 6.94. The van der Waals surface area contributed by atoms with E-state index in [1.807, 2.05) is 0 Å². The van der Waals surface area contributed by atoms with Gasteiger partial charge in [0.15, 0.2) is 0 Å². The number of carboxylic acid groups (broad SMARTS) is 1. The zero-order chi connectivity index (χ0) is 14.5. The smallest absolute Gasteiger partial charge is 0.306 e. The van der Waals surface area contributed by atoms with Gasteiger partial charge in [-0.05, 0) is 44.2 Å². The van der Waals surface area contributed by atoms with Gasteiger partial charge in [0.05, 0.1) is 10.9 Å². The summed E-state index contributed by atoms with van der Waals surface area (Å²) in [7, 11) is 0. The third kappa shape index (κ3) is 3.93. The predicted octanol–water partition coefficient (Wildman–Crippen LogP) is 3.46. The average Bonchev–Trinajstić information content (AvgIpc) is 2.44. The first-order valence-corrected chi connectivity index (χ1v) is 7.32. The first-order chi connectivity index (χ1) is 9.58. The molecule has 2 rings (SSSR count). The summed E-state index contributed by atoms with van der Waals surface area (Å²) >= 11 is 5.73. The zero-order valence-electron chi connectivity index (χ0n) is 11.2. The number of carbonyl (C=O) groups is 1. The molecule has 2 N–H and O–H groups in total. The second kappa shape index (κ2) is 7.04. The molecular formula is C15H19ClFNO2. The van der Waals surface area contributed by atoms with Gasteiger partial charge >= 0.3 is 5.97 Å². The maximum atomic E-state index is 13.7.